The van der Waals surface area contributed by atoms with Crippen LogP contribution in [0.2, 0.25) is 0 Å². The van der Waals surface area contributed by atoms with Crippen molar-refractivity contribution in [2.24, 2.45) is 0 Å². The molecule has 1 aliphatic rings. The van der Waals surface area contributed by atoms with E-state index < -0.39 is 0 Å². The third-order valence-corrected chi connectivity index (χ3v) is 4.75. The number of anilines is 1. The largest absolute Gasteiger partial charge is 0.369 e. The average Bonchev–Trinajstić information content (AvgIpc) is 2.61. The molecule has 2 aromatic carbocycles. The third-order valence-electron chi connectivity index (χ3n) is 4.75. The van der Waals surface area contributed by atoms with E-state index in [1.54, 1.807) is 0 Å². The standard InChI is InChI=1S/C20H26N2/c1-18(12-13-19-8-4-2-5-9-19)21-14-16-22(17-15-21)20-10-6-3-7-11-20/h2-11,18H,12-17H2,1H3. The molecule has 0 spiro atoms. The van der Waals surface area contributed by atoms with Crippen LogP contribution in [0, 0.1) is 0 Å². The molecule has 3 rings (SSSR count). The number of para-hydroxylation sites is 1. The number of aryl methyl sites for hydroxylation is 1. The summed E-state index contributed by atoms with van der Waals surface area (Å²) in [5.41, 5.74) is 2.82. The predicted octanol–water partition coefficient (Wildman–Crippen LogP) is 3.83. The highest BCUT2D eigenvalue weighted by molar-refractivity contribution is 5.46. The van der Waals surface area contributed by atoms with Gasteiger partial charge in [0.25, 0.3) is 0 Å². The van der Waals surface area contributed by atoms with Crippen molar-refractivity contribution in [1.29, 1.82) is 0 Å². The summed E-state index contributed by atoms with van der Waals surface area (Å²) >= 11 is 0. The smallest absolute Gasteiger partial charge is 0.0367 e. The van der Waals surface area contributed by atoms with E-state index in [1.807, 2.05) is 0 Å². The van der Waals surface area contributed by atoms with Gasteiger partial charge in [-0.05, 0) is 37.5 Å². The minimum absolute atomic E-state index is 0.665. The molecular weight excluding hydrogens is 268 g/mol. The van der Waals surface area contributed by atoms with Gasteiger partial charge < -0.3 is 4.90 Å². The van der Waals surface area contributed by atoms with Gasteiger partial charge in [-0.3, -0.25) is 4.90 Å². The molecule has 0 radical (unpaired) electrons. The van der Waals surface area contributed by atoms with E-state index in [9.17, 15) is 0 Å². The first-order chi connectivity index (χ1) is 10.8. The zero-order chi connectivity index (χ0) is 15.2. The summed E-state index contributed by atoms with van der Waals surface area (Å²) in [6.07, 6.45) is 2.43. The molecule has 1 aliphatic heterocycles. The summed E-state index contributed by atoms with van der Waals surface area (Å²) in [4.78, 5) is 5.14. The maximum absolute atomic E-state index is 2.64. The lowest BCUT2D eigenvalue weighted by Gasteiger charge is -2.39. The highest BCUT2D eigenvalue weighted by Gasteiger charge is 2.20. The van der Waals surface area contributed by atoms with Gasteiger partial charge in [-0.1, -0.05) is 48.5 Å². The molecule has 1 atom stereocenters. The molecule has 2 aromatic rings. The van der Waals surface area contributed by atoms with Crippen LogP contribution in [0.5, 0.6) is 0 Å². The fourth-order valence-corrected chi connectivity index (χ4v) is 3.26. The molecule has 0 saturated carbocycles. The Hall–Kier alpha value is -1.80. The summed E-state index contributed by atoms with van der Waals surface area (Å²) in [5.74, 6) is 0. The second-order valence-corrected chi connectivity index (χ2v) is 6.23. The van der Waals surface area contributed by atoms with Crippen LogP contribution in [0.1, 0.15) is 18.9 Å². The monoisotopic (exact) mass is 294 g/mol. The van der Waals surface area contributed by atoms with Gasteiger partial charge in [-0.15, -0.1) is 0 Å². The van der Waals surface area contributed by atoms with Gasteiger partial charge in [0.05, 0.1) is 0 Å². The SMILES string of the molecule is CC(CCc1ccccc1)N1CCN(c2ccccc2)CC1. The van der Waals surface area contributed by atoms with Crippen LogP contribution >= 0.6 is 0 Å². The summed E-state index contributed by atoms with van der Waals surface area (Å²) in [5, 5.41) is 0. The average molecular weight is 294 g/mol. The molecule has 22 heavy (non-hydrogen) atoms. The molecule has 0 amide bonds. The van der Waals surface area contributed by atoms with Gasteiger partial charge in [0.2, 0.25) is 0 Å². The molecule has 0 aromatic heterocycles. The number of hydrogen-bond donors (Lipinski definition) is 0. The maximum Gasteiger partial charge on any atom is 0.0367 e. The summed E-state index contributed by atoms with van der Waals surface area (Å²) < 4.78 is 0. The van der Waals surface area contributed by atoms with E-state index in [4.69, 9.17) is 0 Å². The second-order valence-electron chi connectivity index (χ2n) is 6.23. The minimum Gasteiger partial charge on any atom is -0.369 e. The van der Waals surface area contributed by atoms with Gasteiger partial charge in [-0.2, -0.15) is 0 Å². The summed E-state index contributed by atoms with van der Waals surface area (Å²) in [7, 11) is 0. The van der Waals surface area contributed by atoms with E-state index in [0.717, 1.165) is 13.1 Å². The Bertz CT molecular complexity index is 544. The molecule has 1 saturated heterocycles. The van der Waals surface area contributed by atoms with E-state index in [1.165, 1.54) is 37.2 Å². The molecule has 1 unspecified atom stereocenters. The first-order valence-corrected chi connectivity index (χ1v) is 8.41. The van der Waals surface area contributed by atoms with Crippen LogP contribution in [0.15, 0.2) is 60.7 Å². The topological polar surface area (TPSA) is 6.48 Å². The zero-order valence-corrected chi connectivity index (χ0v) is 13.5. The molecule has 1 heterocycles. The van der Waals surface area contributed by atoms with E-state index in [-0.39, 0.29) is 0 Å². The fourth-order valence-electron chi connectivity index (χ4n) is 3.26. The van der Waals surface area contributed by atoms with Crippen molar-refractivity contribution in [2.75, 3.05) is 31.1 Å². The van der Waals surface area contributed by atoms with E-state index >= 15 is 0 Å². The number of rotatable bonds is 5. The van der Waals surface area contributed by atoms with Crippen molar-refractivity contribution in [1.82, 2.24) is 4.90 Å². The van der Waals surface area contributed by atoms with Crippen LogP contribution in [0.25, 0.3) is 0 Å². The lowest BCUT2D eigenvalue weighted by atomic mass is 10.0. The van der Waals surface area contributed by atoms with Crippen LogP contribution in [-0.2, 0) is 6.42 Å². The number of nitrogens with zero attached hydrogens (tertiary/aromatic N) is 2. The zero-order valence-electron chi connectivity index (χ0n) is 13.5. The molecule has 1 fully saturated rings. The normalized spacial score (nSPS) is 17.4. The maximum atomic E-state index is 2.64. The highest BCUT2D eigenvalue weighted by atomic mass is 15.3. The molecule has 0 N–H and O–H groups in total. The van der Waals surface area contributed by atoms with Gasteiger partial charge in [0.1, 0.15) is 0 Å². The Labute approximate surface area is 134 Å². The Morgan fingerprint density at radius 2 is 1.41 bits per heavy atom. The van der Waals surface area contributed by atoms with Crippen LogP contribution in [-0.4, -0.2) is 37.1 Å². The Morgan fingerprint density at radius 3 is 2.05 bits per heavy atom. The highest BCUT2D eigenvalue weighted by Crippen LogP contribution is 2.18. The van der Waals surface area contributed by atoms with Gasteiger partial charge in [0, 0.05) is 37.9 Å². The molecule has 116 valence electrons. The third kappa shape index (κ3) is 3.89. The Morgan fingerprint density at radius 1 is 0.818 bits per heavy atom. The quantitative estimate of drug-likeness (QED) is 0.827. The number of benzene rings is 2. The molecular formula is C20H26N2. The van der Waals surface area contributed by atoms with Crippen molar-refractivity contribution in [3.8, 4) is 0 Å². The number of piperazine rings is 1. The predicted molar refractivity (Wildman–Crippen MR) is 94.5 cm³/mol. The van der Waals surface area contributed by atoms with Gasteiger partial charge in [-0.25, -0.2) is 0 Å². The van der Waals surface area contributed by atoms with Crippen molar-refractivity contribution < 1.29 is 0 Å². The minimum atomic E-state index is 0.665. The van der Waals surface area contributed by atoms with Crippen molar-refractivity contribution >= 4 is 5.69 Å². The Balaban J connectivity index is 1.46. The van der Waals surface area contributed by atoms with Crippen LogP contribution in [0.3, 0.4) is 0 Å². The van der Waals surface area contributed by atoms with Gasteiger partial charge in [0.15, 0.2) is 0 Å². The van der Waals surface area contributed by atoms with Crippen molar-refractivity contribution in [2.45, 2.75) is 25.8 Å². The van der Waals surface area contributed by atoms with Crippen molar-refractivity contribution in [3.05, 3.63) is 66.2 Å². The molecule has 0 aliphatic carbocycles. The first-order valence-electron chi connectivity index (χ1n) is 8.41. The van der Waals surface area contributed by atoms with E-state index in [0.29, 0.717) is 6.04 Å². The summed E-state index contributed by atoms with van der Waals surface area (Å²) in [6.45, 7) is 7.00. The molecule has 2 nitrogen and oxygen atoms in total. The lowest BCUT2D eigenvalue weighted by molar-refractivity contribution is 0.189. The lowest BCUT2D eigenvalue weighted by Crippen LogP contribution is -2.49. The van der Waals surface area contributed by atoms with Crippen LogP contribution < -0.4 is 4.90 Å². The molecule has 0 bridgehead atoms. The number of hydrogen-bond acceptors (Lipinski definition) is 2. The Kier molecular flexibility index (Phi) is 5.12. The second kappa shape index (κ2) is 7.46. The van der Waals surface area contributed by atoms with E-state index in [2.05, 4.69) is 77.4 Å². The van der Waals surface area contributed by atoms with Gasteiger partial charge >= 0.3 is 0 Å². The molecule has 2 heteroatoms. The first kappa shape index (κ1) is 15.1. The van der Waals surface area contributed by atoms with Crippen molar-refractivity contribution in [3.63, 3.8) is 0 Å². The van der Waals surface area contributed by atoms with Crippen LogP contribution in [0.4, 0.5) is 5.69 Å². The fraction of sp³-hybridized carbons (Fsp3) is 0.400. The summed E-state index contributed by atoms with van der Waals surface area (Å²) in [6, 6.07) is 22.3.